The molecule has 1 saturated carbocycles. The van der Waals surface area contributed by atoms with Crippen LogP contribution in [0.3, 0.4) is 0 Å². The van der Waals surface area contributed by atoms with E-state index in [1.54, 1.807) is 0 Å². The Hall–Kier alpha value is -1.49. The maximum absolute atomic E-state index is 13.4. The summed E-state index contributed by atoms with van der Waals surface area (Å²) in [5.74, 6) is -2.73. The molecule has 0 spiro atoms. The van der Waals surface area contributed by atoms with E-state index in [-0.39, 0.29) is 17.6 Å². The van der Waals surface area contributed by atoms with E-state index in [4.69, 9.17) is 5.73 Å². The molecule has 1 aromatic carbocycles. The number of hydrogen-bond acceptors (Lipinski definition) is 2. The van der Waals surface area contributed by atoms with E-state index in [2.05, 4.69) is 5.32 Å². The van der Waals surface area contributed by atoms with Crippen molar-refractivity contribution in [2.75, 3.05) is 0 Å². The molecule has 0 aromatic heterocycles. The third-order valence-corrected chi connectivity index (χ3v) is 3.33. The van der Waals surface area contributed by atoms with Crippen molar-refractivity contribution in [1.82, 2.24) is 5.32 Å². The molecule has 0 bridgehead atoms. The molecule has 0 radical (unpaired) electrons. The zero-order valence-corrected chi connectivity index (χ0v) is 9.96. The van der Waals surface area contributed by atoms with Crippen molar-refractivity contribution in [2.24, 2.45) is 5.73 Å². The first-order valence-electron chi connectivity index (χ1n) is 6.10. The molecule has 1 aliphatic rings. The van der Waals surface area contributed by atoms with Gasteiger partial charge in [-0.15, -0.1) is 0 Å². The smallest absolute Gasteiger partial charge is 0.254 e. The predicted octanol–water partition coefficient (Wildman–Crippen LogP) is 1.96. The van der Waals surface area contributed by atoms with E-state index in [9.17, 15) is 13.6 Å². The topological polar surface area (TPSA) is 55.1 Å². The summed E-state index contributed by atoms with van der Waals surface area (Å²) in [5, 5.41) is 2.68. The lowest BCUT2D eigenvalue weighted by atomic mass is 9.91. The number of nitrogens with two attached hydrogens (primary N) is 1. The summed E-state index contributed by atoms with van der Waals surface area (Å²) in [6.07, 6.45) is 3.66. The largest absolute Gasteiger partial charge is 0.348 e. The molecule has 0 unspecified atom stereocenters. The molecule has 2 atom stereocenters. The third kappa shape index (κ3) is 2.67. The molecule has 0 aliphatic heterocycles. The number of hydrogen-bond donors (Lipinski definition) is 2. The molecular formula is C13H16F2N2O. The van der Waals surface area contributed by atoms with E-state index in [1.165, 1.54) is 12.1 Å². The van der Waals surface area contributed by atoms with Crippen LogP contribution in [0, 0.1) is 11.6 Å². The van der Waals surface area contributed by atoms with Crippen LogP contribution in [0.5, 0.6) is 0 Å². The summed E-state index contributed by atoms with van der Waals surface area (Å²) in [6, 6.07) is 3.29. The van der Waals surface area contributed by atoms with Crippen molar-refractivity contribution < 1.29 is 13.6 Å². The number of nitrogens with one attached hydrogen (secondary N) is 1. The van der Waals surface area contributed by atoms with Gasteiger partial charge in [0.1, 0.15) is 0 Å². The molecule has 2 rings (SSSR count). The number of rotatable bonds is 2. The summed E-state index contributed by atoms with van der Waals surface area (Å²) in [5.41, 5.74) is 5.62. The van der Waals surface area contributed by atoms with Crippen molar-refractivity contribution in [3.05, 3.63) is 35.4 Å². The lowest BCUT2D eigenvalue weighted by molar-refractivity contribution is 0.0916. The molecule has 5 heteroatoms. The van der Waals surface area contributed by atoms with Crippen molar-refractivity contribution in [3.8, 4) is 0 Å². The minimum absolute atomic E-state index is 0.112. The van der Waals surface area contributed by atoms with Gasteiger partial charge >= 0.3 is 0 Å². The zero-order valence-electron chi connectivity index (χ0n) is 9.96. The Morgan fingerprint density at radius 3 is 2.72 bits per heavy atom. The number of benzene rings is 1. The average Bonchev–Trinajstić information content (AvgIpc) is 2.35. The van der Waals surface area contributed by atoms with Gasteiger partial charge < -0.3 is 11.1 Å². The van der Waals surface area contributed by atoms with Crippen LogP contribution in [0.25, 0.3) is 0 Å². The molecule has 0 saturated heterocycles. The number of amides is 1. The lowest BCUT2D eigenvalue weighted by Gasteiger charge is -2.29. The molecule has 1 aromatic rings. The van der Waals surface area contributed by atoms with Crippen LogP contribution >= 0.6 is 0 Å². The van der Waals surface area contributed by atoms with Crippen molar-refractivity contribution in [1.29, 1.82) is 0 Å². The van der Waals surface area contributed by atoms with E-state index >= 15 is 0 Å². The van der Waals surface area contributed by atoms with Crippen molar-refractivity contribution >= 4 is 5.91 Å². The van der Waals surface area contributed by atoms with Gasteiger partial charge in [-0.2, -0.15) is 0 Å². The Bertz CT molecular complexity index is 451. The van der Waals surface area contributed by atoms with Crippen LogP contribution < -0.4 is 11.1 Å². The molecule has 18 heavy (non-hydrogen) atoms. The fourth-order valence-corrected chi connectivity index (χ4v) is 2.26. The Kier molecular flexibility index (Phi) is 3.91. The first kappa shape index (κ1) is 13.0. The van der Waals surface area contributed by atoms with Gasteiger partial charge in [0.05, 0.1) is 5.56 Å². The highest BCUT2D eigenvalue weighted by Gasteiger charge is 2.25. The first-order valence-corrected chi connectivity index (χ1v) is 6.10. The van der Waals surface area contributed by atoms with Gasteiger partial charge in [0.15, 0.2) is 11.6 Å². The first-order chi connectivity index (χ1) is 8.59. The van der Waals surface area contributed by atoms with Crippen molar-refractivity contribution in [2.45, 2.75) is 37.8 Å². The summed E-state index contributed by atoms with van der Waals surface area (Å²) in [6.45, 7) is 0. The summed E-state index contributed by atoms with van der Waals surface area (Å²) >= 11 is 0. The van der Waals surface area contributed by atoms with Gasteiger partial charge in [0.25, 0.3) is 5.91 Å². The number of halogens is 2. The predicted molar refractivity (Wildman–Crippen MR) is 64.1 cm³/mol. The molecule has 3 nitrogen and oxygen atoms in total. The standard InChI is InChI=1S/C13H16F2N2O/c14-9-5-3-4-8(12(9)15)13(18)17-11-7-2-1-6-10(11)16/h3-5,10-11H,1-2,6-7,16H2,(H,17,18)/t10-,11-/m1/s1. The van der Waals surface area contributed by atoms with Gasteiger partial charge in [0.2, 0.25) is 0 Å². The Morgan fingerprint density at radius 1 is 1.28 bits per heavy atom. The van der Waals surface area contributed by atoms with Gasteiger partial charge in [-0.3, -0.25) is 4.79 Å². The van der Waals surface area contributed by atoms with E-state index in [1.807, 2.05) is 0 Å². The summed E-state index contributed by atoms with van der Waals surface area (Å²) in [7, 11) is 0. The van der Waals surface area contributed by atoms with Gasteiger partial charge in [-0.05, 0) is 25.0 Å². The highest BCUT2D eigenvalue weighted by atomic mass is 19.2. The summed E-state index contributed by atoms with van der Waals surface area (Å²) < 4.78 is 26.5. The fourth-order valence-electron chi connectivity index (χ4n) is 2.26. The van der Waals surface area contributed by atoms with Gasteiger partial charge in [-0.25, -0.2) is 8.78 Å². The molecule has 1 fully saturated rings. The van der Waals surface area contributed by atoms with Crippen LogP contribution in [0.15, 0.2) is 18.2 Å². The Labute approximate surface area is 104 Å². The monoisotopic (exact) mass is 254 g/mol. The lowest BCUT2D eigenvalue weighted by Crippen LogP contribution is -2.49. The normalized spacial score (nSPS) is 23.7. The highest BCUT2D eigenvalue weighted by molar-refractivity contribution is 5.94. The Balaban J connectivity index is 2.09. The van der Waals surface area contributed by atoms with Gasteiger partial charge in [-0.1, -0.05) is 18.9 Å². The molecule has 3 N–H and O–H groups in total. The molecular weight excluding hydrogens is 238 g/mol. The third-order valence-electron chi connectivity index (χ3n) is 3.33. The molecule has 98 valence electrons. The second-order valence-electron chi connectivity index (χ2n) is 4.63. The van der Waals surface area contributed by atoms with Crippen LogP contribution in [0.2, 0.25) is 0 Å². The fraction of sp³-hybridized carbons (Fsp3) is 0.462. The average molecular weight is 254 g/mol. The number of carbonyl (C=O) groups excluding carboxylic acids is 1. The quantitative estimate of drug-likeness (QED) is 0.847. The maximum Gasteiger partial charge on any atom is 0.254 e. The highest BCUT2D eigenvalue weighted by Crippen LogP contribution is 2.18. The molecule has 0 heterocycles. The Morgan fingerprint density at radius 2 is 2.00 bits per heavy atom. The van der Waals surface area contributed by atoms with E-state index < -0.39 is 17.5 Å². The van der Waals surface area contributed by atoms with Crippen LogP contribution in [-0.2, 0) is 0 Å². The second-order valence-corrected chi connectivity index (χ2v) is 4.63. The zero-order chi connectivity index (χ0) is 13.1. The van der Waals surface area contributed by atoms with Crippen LogP contribution in [0.4, 0.5) is 8.78 Å². The maximum atomic E-state index is 13.4. The summed E-state index contributed by atoms with van der Waals surface area (Å²) in [4.78, 5) is 11.9. The van der Waals surface area contributed by atoms with E-state index in [0.717, 1.165) is 31.7 Å². The molecule has 1 amide bonds. The SMILES string of the molecule is N[C@@H]1CCCC[C@H]1NC(=O)c1cccc(F)c1F. The number of carbonyl (C=O) groups is 1. The van der Waals surface area contributed by atoms with Crippen LogP contribution in [-0.4, -0.2) is 18.0 Å². The minimum Gasteiger partial charge on any atom is -0.348 e. The van der Waals surface area contributed by atoms with E-state index in [0.29, 0.717) is 0 Å². The van der Waals surface area contributed by atoms with Crippen LogP contribution in [0.1, 0.15) is 36.0 Å². The van der Waals surface area contributed by atoms with Gasteiger partial charge in [0, 0.05) is 12.1 Å². The minimum atomic E-state index is -1.11. The second kappa shape index (κ2) is 5.44. The van der Waals surface area contributed by atoms with Crippen molar-refractivity contribution in [3.63, 3.8) is 0 Å². The molecule has 1 aliphatic carbocycles.